The molecule has 0 spiro atoms. The van der Waals surface area contributed by atoms with Crippen molar-refractivity contribution < 1.29 is 23.4 Å². The summed E-state index contributed by atoms with van der Waals surface area (Å²) in [7, 11) is 3.38. The summed E-state index contributed by atoms with van der Waals surface area (Å²) < 4.78 is 22.0. The van der Waals surface area contributed by atoms with Crippen LogP contribution in [0.1, 0.15) is 16.1 Å². The van der Waals surface area contributed by atoms with Crippen LogP contribution in [0.25, 0.3) is 0 Å². The average Bonchev–Trinajstić information content (AvgIpc) is 3.24. The Morgan fingerprint density at radius 3 is 2.34 bits per heavy atom. The van der Waals surface area contributed by atoms with Crippen LogP contribution in [0.5, 0.6) is 23.5 Å². The van der Waals surface area contributed by atoms with E-state index in [1.165, 1.54) is 20.3 Å². The Kier molecular flexibility index (Phi) is 6.88. The van der Waals surface area contributed by atoms with E-state index in [1.54, 1.807) is 13.1 Å². The molecule has 11 heteroatoms. The Labute approximate surface area is 187 Å². The number of hydrogen-bond acceptors (Lipinski definition) is 9. The number of methoxy groups -OCH3 is 2. The van der Waals surface area contributed by atoms with Crippen molar-refractivity contribution in [2.24, 2.45) is 0 Å². The third-order valence-corrected chi connectivity index (χ3v) is 6.45. The molecule has 0 aliphatic carbocycles. The summed E-state index contributed by atoms with van der Waals surface area (Å²) in [6.45, 7) is 6.28. The van der Waals surface area contributed by atoms with E-state index in [4.69, 9.17) is 24.4 Å². The molecule has 0 fully saturated rings. The van der Waals surface area contributed by atoms with Gasteiger partial charge < -0.3 is 35.0 Å². The lowest BCUT2D eigenvalue weighted by Gasteiger charge is -2.14. The molecule has 2 heterocycles. The molecule has 1 aromatic carbocycles. The van der Waals surface area contributed by atoms with Crippen LogP contribution >= 0.6 is 0 Å². The Balaban J connectivity index is 1.83. The number of nitrogens with two attached hydrogens (primary N) is 1. The quantitative estimate of drug-likeness (QED) is 0.345. The van der Waals surface area contributed by atoms with E-state index in [2.05, 4.69) is 33.7 Å². The number of aromatic nitrogens is 2. The van der Waals surface area contributed by atoms with E-state index in [1.807, 2.05) is 19.1 Å². The van der Waals surface area contributed by atoms with Crippen LogP contribution in [0, 0.1) is 6.92 Å². The first-order chi connectivity index (χ1) is 15.3. The van der Waals surface area contributed by atoms with Crippen molar-refractivity contribution in [1.29, 1.82) is 0 Å². The summed E-state index contributed by atoms with van der Waals surface area (Å²) in [4.78, 5) is 21.1. The van der Waals surface area contributed by atoms with Gasteiger partial charge in [0.05, 0.1) is 23.0 Å². The maximum atomic E-state index is 12.8. The molecule has 0 bridgehead atoms. The number of furan rings is 1. The van der Waals surface area contributed by atoms with Crippen LogP contribution in [0.4, 0.5) is 17.3 Å². The number of benzene rings is 1. The molecule has 3 aromatic rings. The van der Waals surface area contributed by atoms with Gasteiger partial charge in [0.25, 0.3) is 11.9 Å². The maximum Gasteiger partial charge on any atom is 0.291 e. The smallest absolute Gasteiger partial charge is 0.291 e. The number of rotatable bonds is 8. The highest BCUT2D eigenvalue weighted by Gasteiger charge is 2.21. The van der Waals surface area contributed by atoms with E-state index in [9.17, 15) is 4.79 Å². The highest BCUT2D eigenvalue weighted by atomic mass is 28.3. The van der Waals surface area contributed by atoms with Gasteiger partial charge in [0.1, 0.15) is 5.75 Å². The predicted octanol–water partition coefficient (Wildman–Crippen LogP) is 2.76. The first kappa shape index (κ1) is 22.9. The van der Waals surface area contributed by atoms with Crippen molar-refractivity contribution >= 4 is 37.2 Å². The number of nitrogen functional groups attached to an aromatic ring is 1. The zero-order chi connectivity index (χ0) is 23.4. The molecule has 0 unspecified atom stereocenters. The molecule has 4 N–H and O–H groups in total. The number of aryl methyl sites for hydroxylation is 1. The number of nitrogens with zero attached hydrogens (tertiary/aromatic N) is 2. The molecular formula is C21H27N5O5Si. The van der Waals surface area contributed by atoms with Gasteiger partial charge in [0.2, 0.25) is 17.7 Å². The zero-order valence-corrected chi connectivity index (χ0v) is 20.1. The molecule has 0 saturated carbocycles. The SMILES string of the molecule is CNc1nc(OC)c(NC(=O)c2ccc(Oc3cc([SiH](C)C)c(N)cc3C)o2)c(OC)n1. The van der Waals surface area contributed by atoms with Gasteiger partial charge in [-0.15, -0.1) is 0 Å². The lowest BCUT2D eigenvalue weighted by atomic mass is 10.2. The molecule has 1 amide bonds. The zero-order valence-electron chi connectivity index (χ0n) is 18.9. The van der Waals surface area contributed by atoms with Gasteiger partial charge in [0, 0.05) is 18.8 Å². The van der Waals surface area contributed by atoms with Crippen LogP contribution in [-0.2, 0) is 0 Å². The molecule has 10 nitrogen and oxygen atoms in total. The van der Waals surface area contributed by atoms with E-state index < -0.39 is 14.7 Å². The molecule has 2 aromatic heterocycles. The standard InChI is InChI=1S/C21H27N5O5Si/c1-11-9-12(22)15(32(5)6)10-14(11)31-16-8-7-13(30-16)18(27)24-17-19(28-3)25-21(23-2)26-20(17)29-4/h7-10,32H,22H2,1-6H3,(H,24,27)(H,23,25,26). The second-order valence-electron chi connectivity index (χ2n) is 7.27. The molecule has 0 radical (unpaired) electrons. The Hall–Kier alpha value is -3.73. The second kappa shape index (κ2) is 9.60. The number of carbonyl (C=O) groups excluding carboxylic acids is 1. The van der Waals surface area contributed by atoms with Gasteiger partial charge in [0.15, 0.2) is 11.4 Å². The summed E-state index contributed by atoms with van der Waals surface area (Å²) in [6, 6.07) is 6.92. The predicted molar refractivity (Wildman–Crippen MR) is 126 cm³/mol. The third-order valence-electron chi connectivity index (χ3n) is 4.71. The van der Waals surface area contributed by atoms with Crippen LogP contribution in [0.2, 0.25) is 13.1 Å². The summed E-state index contributed by atoms with van der Waals surface area (Å²) in [6.07, 6.45) is 0. The topological polar surface area (TPSA) is 134 Å². The summed E-state index contributed by atoms with van der Waals surface area (Å²) >= 11 is 0. The fraction of sp³-hybridized carbons (Fsp3) is 0.286. The van der Waals surface area contributed by atoms with Gasteiger partial charge in [-0.25, -0.2) is 0 Å². The fourth-order valence-corrected chi connectivity index (χ4v) is 4.29. The number of carbonyl (C=O) groups is 1. The third kappa shape index (κ3) is 4.77. The normalized spacial score (nSPS) is 10.7. The van der Waals surface area contributed by atoms with Crippen LogP contribution in [0.3, 0.4) is 0 Å². The maximum absolute atomic E-state index is 12.8. The number of anilines is 3. The van der Waals surface area contributed by atoms with Crippen molar-refractivity contribution in [2.75, 3.05) is 37.6 Å². The molecule has 0 saturated heterocycles. The number of hydrogen-bond donors (Lipinski definition) is 3. The number of nitrogens with one attached hydrogen (secondary N) is 2. The van der Waals surface area contributed by atoms with E-state index in [0.717, 1.165) is 16.4 Å². The summed E-state index contributed by atoms with van der Waals surface area (Å²) in [5.74, 6) is 0.875. The molecule has 0 atom stereocenters. The van der Waals surface area contributed by atoms with E-state index in [0.29, 0.717) is 5.75 Å². The molecule has 0 aliphatic rings. The van der Waals surface area contributed by atoms with Gasteiger partial charge in [-0.2, -0.15) is 9.97 Å². The van der Waals surface area contributed by atoms with Crippen molar-refractivity contribution in [3.8, 4) is 23.5 Å². The van der Waals surface area contributed by atoms with Gasteiger partial charge >= 0.3 is 0 Å². The Morgan fingerprint density at radius 1 is 1.12 bits per heavy atom. The van der Waals surface area contributed by atoms with E-state index >= 15 is 0 Å². The summed E-state index contributed by atoms with van der Waals surface area (Å²) in [5, 5.41) is 6.58. The lowest BCUT2D eigenvalue weighted by Crippen LogP contribution is -2.26. The number of ether oxygens (including phenoxy) is 3. The highest BCUT2D eigenvalue weighted by molar-refractivity contribution is 6.72. The molecule has 3 rings (SSSR count). The largest absolute Gasteiger partial charge is 0.479 e. The second-order valence-corrected chi connectivity index (χ2v) is 10.2. The molecular weight excluding hydrogens is 430 g/mol. The fourth-order valence-electron chi connectivity index (χ4n) is 3.05. The van der Waals surface area contributed by atoms with Crippen molar-refractivity contribution in [3.05, 3.63) is 35.6 Å². The molecule has 32 heavy (non-hydrogen) atoms. The summed E-state index contributed by atoms with van der Waals surface area (Å²) in [5.41, 5.74) is 7.96. The van der Waals surface area contributed by atoms with E-state index in [-0.39, 0.29) is 35.1 Å². The highest BCUT2D eigenvalue weighted by Crippen LogP contribution is 2.33. The first-order valence-corrected chi connectivity index (χ1v) is 12.8. The van der Waals surface area contributed by atoms with Crippen molar-refractivity contribution in [1.82, 2.24) is 9.97 Å². The first-order valence-electron chi connectivity index (χ1n) is 9.94. The Morgan fingerprint density at radius 2 is 1.78 bits per heavy atom. The minimum absolute atomic E-state index is 0.0355. The monoisotopic (exact) mass is 457 g/mol. The average molecular weight is 458 g/mol. The van der Waals surface area contributed by atoms with Crippen molar-refractivity contribution in [3.63, 3.8) is 0 Å². The van der Waals surface area contributed by atoms with Gasteiger partial charge in [-0.1, -0.05) is 13.1 Å². The molecule has 0 aliphatic heterocycles. The van der Waals surface area contributed by atoms with Crippen LogP contribution in [0.15, 0.2) is 28.7 Å². The van der Waals surface area contributed by atoms with Crippen LogP contribution in [-0.4, -0.2) is 45.9 Å². The van der Waals surface area contributed by atoms with Crippen LogP contribution < -0.4 is 35.8 Å². The minimum atomic E-state index is -1.14. The van der Waals surface area contributed by atoms with Crippen molar-refractivity contribution in [2.45, 2.75) is 20.0 Å². The molecule has 170 valence electrons. The van der Waals surface area contributed by atoms with Gasteiger partial charge in [-0.05, 0) is 35.9 Å². The number of amides is 1. The lowest BCUT2D eigenvalue weighted by molar-refractivity contribution is 0.0990. The Bertz CT molecular complexity index is 1110. The minimum Gasteiger partial charge on any atom is -0.479 e. The van der Waals surface area contributed by atoms with Gasteiger partial charge in [-0.3, -0.25) is 4.79 Å².